The first-order chi connectivity index (χ1) is 41.6. The van der Waals surface area contributed by atoms with Gasteiger partial charge in [0.2, 0.25) is 0 Å². The summed E-state index contributed by atoms with van der Waals surface area (Å²) >= 11 is 0. The van der Waals surface area contributed by atoms with Crippen molar-refractivity contribution in [3.05, 3.63) is 0 Å². The highest BCUT2D eigenvalue weighted by Gasteiger charge is 2.39. The van der Waals surface area contributed by atoms with Gasteiger partial charge in [0.25, 0.3) is 0 Å². The van der Waals surface area contributed by atoms with Crippen molar-refractivity contribution < 1.29 is 71.5 Å². The van der Waals surface area contributed by atoms with Crippen LogP contribution in [0.3, 0.4) is 0 Å². The molecule has 0 atom stereocenters. The Bertz CT molecular complexity index is 1560. The molecule has 0 aliphatic heterocycles. The highest BCUT2D eigenvalue weighted by atomic mass is 16.6. The Morgan fingerprint density at radius 1 is 0.198 bits per heavy atom. The van der Waals surface area contributed by atoms with Crippen LogP contribution < -0.4 is 0 Å². The molecule has 0 aliphatic carbocycles. The maximum atomic E-state index is 12.8. The third kappa shape index (κ3) is 49.2. The van der Waals surface area contributed by atoms with E-state index in [2.05, 4.69) is 62.3 Å². The summed E-state index contributed by atoms with van der Waals surface area (Å²) in [5.74, 6) is -1.92. The fourth-order valence-electron chi connectivity index (χ4n) is 9.59. The first-order valence-electron chi connectivity index (χ1n) is 35.2. The molecule has 0 spiro atoms. The number of carbonyl (C=O) groups is 7. The minimum absolute atomic E-state index is 0.0368. The fourth-order valence-corrected chi connectivity index (χ4v) is 9.59. The molecule has 0 saturated heterocycles. The molecule has 0 aromatic carbocycles. The third-order valence-corrected chi connectivity index (χ3v) is 16.5. The maximum absolute atomic E-state index is 12.8. The third-order valence-electron chi connectivity index (χ3n) is 16.5. The summed E-state index contributed by atoms with van der Waals surface area (Å²) in [6.45, 7) is 21.6. The lowest BCUT2D eigenvalue weighted by Gasteiger charge is -2.35. The van der Waals surface area contributed by atoms with Gasteiger partial charge in [-0.05, 0) is 64.2 Å². The molecule has 0 radical (unpaired) electrons. The summed E-state index contributed by atoms with van der Waals surface area (Å²) in [4.78, 5) is 87.9. The quantitative estimate of drug-likeness (QED) is 0.0317. The van der Waals surface area contributed by atoms with Gasteiger partial charge in [0.05, 0.1) is 30.7 Å². The van der Waals surface area contributed by atoms with Gasteiger partial charge in [-0.2, -0.15) is 0 Å². The zero-order valence-electron chi connectivity index (χ0n) is 57.2. The smallest absolute Gasteiger partial charge is 0.305 e. The van der Waals surface area contributed by atoms with Crippen molar-refractivity contribution in [2.75, 3.05) is 59.5 Å². The van der Waals surface area contributed by atoms with Crippen LogP contribution in [0, 0.1) is 16.2 Å². The molecular weight excluding hydrogens is 1090 g/mol. The Morgan fingerprint density at radius 3 is 0.570 bits per heavy atom. The molecule has 0 amide bonds. The van der Waals surface area contributed by atoms with Crippen LogP contribution in [0.4, 0.5) is 0 Å². The van der Waals surface area contributed by atoms with E-state index in [1.807, 2.05) is 6.92 Å². The molecule has 0 N–H and O–H groups in total. The van der Waals surface area contributed by atoms with E-state index in [9.17, 15) is 33.6 Å². The van der Waals surface area contributed by atoms with Crippen LogP contribution >= 0.6 is 0 Å². The average Bonchev–Trinajstić information content (AvgIpc) is 3.12. The van der Waals surface area contributed by atoms with Gasteiger partial charge in [0.1, 0.15) is 39.6 Å². The summed E-state index contributed by atoms with van der Waals surface area (Å²) in [7, 11) is 0. The van der Waals surface area contributed by atoms with Crippen LogP contribution in [-0.4, -0.2) is 101 Å². The number of carbonyl (C=O) groups excluding carboxylic acids is 7. The summed E-state index contributed by atoms with van der Waals surface area (Å²) in [6, 6.07) is 0. The van der Waals surface area contributed by atoms with E-state index in [0.717, 1.165) is 180 Å². The number of hydrogen-bond acceptors (Lipinski definition) is 15. The van der Waals surface area contributed by atoms with Crippen molar-refractivity contribution in [1.82, 2.24) is 0 Å². The minimum Gasteiger partial charge on any atom is -0.465 e. The van der Waals surface area contributed by atoms with Crippen molar-refractivity contribution in [1.29, 1.82) is 0 Å². The zero-order chi connectivity index (χ0) is 64.3. The zero-order valence-corrected chi connectivity index (χ0v) is 57.2. The van der Waals surface area contributed by atoms with Gasteiger partial charge in [-0.15, -0.1) is 0 Å². The lowest BCUT2D eigenvalue weighted by atomic mass is 9.84. The SMILES string of the molecule is CCCCCCC(=O)OCC(CC)(CC)COCC(COC(=O)CCCCCC)(COC(=O)CCCCCC)COC(=O)CCCCCC.CCCCCCCCC(=O)OCC(CC)(COC(=O)CCCCCC)COC(=O)CCCCCCCC. The summed E-state index contributed by atoms with van der Waals surface area (Å²) in [5, 5.41) is 0. The van der Waals surface area contributed by atoms with Crippen LogP contribution in [0.1, 0.15) is 339 Å². The number of esters is 7. The predicted molar refractivity (Wildman–Crippen MR) is 345 cm³/mol. The van der Waals surface area contributed by atoms with Crippen molar-refractivity contribution >= 4 is 41.8 Å². The first-order valence-corrected chi connectivity index (χ1v) is 35.2. The van der Waals surface area contributed by atoms with E-state index in [4.69, 9.17) is 37.9 Å². The number of ether oxygens (including phenoxy) is 8. The lowest BCUT2D eigenvalue weighted by molar-refractivity contribution is -0.170. The second-order valence-electron chi connectivity index (χ2n) is 24.8. The molecule has 0 rings (SSSR count). The van der Waals surface area contributed by atoms with E-state index in [1.165, 1.54) is 38.5 Å². The second-order valence-corrected chi connectivity index (χ2v) is 24.8. The molecule has 0 aliphatic rings. The predicted octanol–water partition coefficient (Wildman–Crippen LogP) is 18.3. The topological polar surface area (TPSA) is 193 Å². The molecule has 0 bridgehead atoms. The Hall–Kier alpha value is -3.75. The second kappa shape index (κ2) is 58.9. The standard InChI is InChI=1S/C40H74O9.C31H58O6/c1-7-13-17-21-25-35(41)46-31-39(11-5,12-6)29-45-30-40(32-47-36(42)26-22-18-14-8-2,33-48-37(43)27-23-19-15-9-3)34-49-38(44)28-24-20-16-10-4;1-5-9-12-15-17-20-23-29(33)36-26-31(8-4,25-35-28(32)22-19-14-11-7-3)27-37-30(34)24-21-18-16-13-10-6-2/h7-34H2,1-6H3;5-27H2,1-4H3. The van der Waals surface area contributed by atoms with E-state index in [-0.39, 0.29) is 101 Å². The molecule has 0 unspecified atom stereocenters. The largest absolute Gasteiger partial charge is 0.465 e. The summed E-state index contributed by atoms with van der Waals surface area (Å²) < 4.78 is 46.3. The van der Waals surface area contributed by atoms with Gasteiger partial charge in [0.15, 0.2) is 0 Å². The molecular formula is C71H132O15. The van der Waals surface area contributed by atoms with Gasteiger partial charge in [-0.25, -0.2) is 0 Å². The maximum Gasteiger partial charge on any atom is 0.305 e. The molecule has 86 heavy (non-hydrogen) atoms. The van der Waals surface area contributed by atoms with Gasteiger partial charge in [-0.3, -0.25) is 33.6 Å². The van der Waals surface area contributed by atoms with E-state index >= 15 is 0 Å². The Kier molecular flexibility index (Phi) is 57.7. The van der Waals surface area contributed by atoms with Crippen LogP contribution in [0.2, 0.25) is 0 Å². The molecule has 0 aromatic heterocycles. The van der Waals surface area contributed by atoms with Gasteiger partial charge in [-0.1, -0.05) is 230 Å². The summed E-state index contributed by atoms with van der Waals surface area (Å²) in [6.07, 6.45) is 37.3. The summed E-state index contributed by atoms with van der Waals surface area (Å²) in [5.41, 5.74) is -2.21. The lowest BCUT2D eigenvalue weighted by Crippen LogP contribution is -2.44. The van der Waals surface area contributed by atoms with Crippen LogP contribution in [0.5, 0.6) is 0 Å². The fraction of sp³-hybridized carbons (Fsp3) is 0.901. The minimum atomic E-state index is -1.08. The van der Waals surface area contributed by atoms with E-state index in [1.54, 1.807) is 0 Å². The van der Waals surface area contributed by atoms with Crippen LogP contribution in [0.25, 0.3) is 0 Å². The van der Waals surface area contributed by atoms with E-state index in [0.29, 0.717) is 51.4 Å². The van der Waals surface area contributed by atoms with Crippen molar-refractivity contribution in [3.8, 4) is 0 Å². The molecule has 0 heterocycles. The first kappa shape index (κ1) is 84.3. The molecule has 0 aromatic rings. The number of hydrogen-bond donors (Lipinski definition) is 0. The Balaban J connectivity index is 0. The van der Waals surface area contributed by atoms with Gasteiger partial charge < -0.3 is 37.9 Å². The molecule has 506 valence electrons. The average molecular weight is 1230 g/mol. The Morgan fingerprint density at radius 2 is 0.360 bits per heavy atom. The van der Waals surface area contributed by atoms with Crippen molar-refractivity contribution in [3.63, 3.8) is 0 Å². The monoisotopic (exact) mass is 1220 g/mol. The highest BCUT2D eigenvalue weighted by molar-refractivity contribution is 5.72. The van der Waals surface area contributed by atoms with Crippen molar-refractivity contribution in [2.45, 2.75) is 339 Å². The molecule has 0 fully saturated rings. The van der Waals surface area contributed by atoms with Gasteiger partial charge >= 0.3 is 41.8 Å². The number of rotatable bonds is 60. The highest BCUT2D eigenvalue weighted by Crippen LogP contribution is 2.31. The molecule has 15 nitrogen and oxygen atoms in total. The Labute approximate surface area is 525 Å². The van der Waals surface area contributed by atoms with Crippen LogP contribution in [0.15, 0.2) is 0 Å². The van der Waals surface area contributed by atoms with Gasteiger partial charge in [0, 0.05) is 50.4 Å². The molecule has 0 saturated carbocycles. The van der Waals surface area contributed by atoms with Crippen molar-refractivity contribution in [2.24, 2.45) is 16.2 Å². The number of unbranched alkanes of at least 4 members (excludes halogenated alkanes) is 25. The molecule has 15 heteroatoms. The van der Waals surface area contributed by atoms with Crippen LogP contribution in [-0.2, 0) is 71.5 Å². The van der Waals surface area contributed by atoms with E-state index < -0.39 is 16.2 Å². The normalized spacial score (nSPS) is 11.6.